The van der Waals surface area contributed by atoms with E-state index in [2.05, 4.69) is 15.5 Å². The molecule has 3 aromatic rings. The van der Waals surface area contributed by atoms with Crippen molar-refractivity contribution in [1.29, 1.82) is 0 Å². The zero-order valence-corrected chi connectivity index (χ0v) is 11.8. The van der Waals surface area contributed by atoms with Gasteiger partial charge in [0.25, 0.3) is 5.91 Å². The van der Waals surface area contributed by atoms with Crippen LogP contribution in [0.2, 0.25) is 0 Å². The maximum atomic E-state index is 12.1. The van der Waals surface area contributed by atoms with E-state index in [0.717, 1.165) is 16.9 Å². The second kappa shape index (κ2) is 4.77. The fraction of sp³-hybridized carbons (Fsp3) is 0.125. The number of rotatable bonds is 3. The number of benzene rings is 1. The lowest BCUT2D eigenvalue weighted by Gasteiger charge is -2.13. The molecule has 3 heterocycles. The third kappa shape index (κ3) is 1.81. The molecule has 22 heavy (non-hydrogen) atoms. The van der Waals surface area contributed by atoms with Crippen LogP contribution in [0.15, 0.2) is 47.1 Å². The topological polar surface area (TPSA) is 80.1 Å². The zero-order chi connectivity index (χ0) is 15.1. The largest absolute Gasteiger partial charge is 0.497 e. The van der Waals surface area contributed by atoms with Crippen LogP contribution in [0.5, 0.6) is 5.75 Å². The van der Waals surface area contributed by atoms with Crippen LogP contribution in [0.4, 0.5) is 0 Å². The second-order valence-electron chi connectivity index (χ2n) is 5.02. The van der Waals surface area contributed by atoms with E-state index in [9.17, 15) is 4.79 Å². The van der Waals surface area contributed by atoms with Gasteiger partial charge in [0, 0.05) is 5.56 Å². The summed E-state index contributed by atoms with van der Waals surface area (Å²) in [6.45, 7) is 0. The molecule has 0 aliphatic carbocycles. The van der Waals surface area contributed by atoms with Gasteiger partial charge in [0.2, 0.25) is 0 Å². The number of fused-ring (bicyclic) bond motifs is 1. The first-order chi connectivity index (χ1) is 10.8. The molecule has 1 aliphatic heterocycles. The smallest absolute Gasteiger partial charge is 0.272 e. The number of ether oxygens (including phenoxy) is 1. The van der Waals surface area contributed by atoms with E-state index in [-0.39, 0.29) is 11.9 Å². The highest BCUT2D eigenvalue weighted by Gasteiger charge is 2.36. The molecule has 0 unspecified atom stereocenters. The van der Waals surface area contributed by atoms with Crippen LogP contribution in [-0.4, -0.2) is 23.2 Å². The van der Waals surface area contributed by atoms with Crippen LogP contribution in [-0.2, 0) is 0 Å². The molecule has 1 atom stereocenters. The predicted octanol–water partition coefficient (Wildman–Crippen LogP) is 2.51. The highest BCUT2D eigenvalue weighted by Crippen LogP contribution is 2.37. The Bertz CT molecular complexity index is 836. The zero-order valence-electron chi connectivity index (χ0n) is 11.8. The lowest BCUT2D eigenvalue weighted by Crippen LogP contribution is -2.21. The summed E-state index contributed by atoms with van der Waals surface area (Å²) in [4.78, 5) is 12.1. The van der Waals surface area contributed by atoms with E-state index in [1.807, 2.05) is 30.3 Å². The molecule has 1 amide bonds. The number of hydrogen-bond acceptors (Lipinski definition) is 4. The van der Waals surface area contributed by atoms with Crippen molar-refractivity contribution in [3.8, 4) is 17.2 Å². The molecule has 110 valence electrons. The van der Waals surface area contributed by atoms with Crippen LogP contribution in [0.3, 0.4) is 0 Å². The monoisotopic (exact) mass is 295 g/mol. The SMILES string of the molecule is COc1cccc([C@@H]2NC(=O)c3n[nH]c(-c4ccco4)c32)c1. The minimum absolute atomic E-state index is 0.197. The fourth-order valence-electron chi connectivity index (χ4n) is 2.76. The molecule has 2 N–H and O–H groups in total. The molecule has 1 aromatic carbocycles. The molecule has 1 aliphatic rings. The molecule has 0 fully saturated rings. The molecule has 0 spiro atoms. The van der Waals surface area contributed by atoms with Gasteiger partial charge in [-0.05, 0) is 29.8 Å². The number of methoxy groups -OCH3 is 1. The van der Waals surface area contributed by atoms with Gasteiger partial charge >= 0.3 is 0 Å². The van der Waals surface area contributed by atoms with Crippen LogP contribution >= 0.6 is 0 Å². The Morgan fingerprint density at radius 3 is 2.95 bits per heavy atom. The quantitative estimate of drug-likeness (QED) is 0.778. The van der Waals surface area contributed by atoms with Crippen LogP contribution in [0, 0.1) is 0 Å². The average molecular weight is 295 g/mol. The van der Waals surface area contributed by atoms with Crippen molar-refractivity contribution in [2.75, 3.05) is 7.11 Å². The van der Waals surface area contributed by atoms with Crippen molar-refractivity contribution in [2.24, 2.45) is 0 Å². The van der Waals surface area contributed by atoms with Crippen molar-refractivity contribution in [2.45, 2.75) is 6.04 Å². The maximum Gasteiger partial charge on any atom is 0.272 e. The summed E-state index contributed by atoms with van der Waals surface area (Å²) in [6.07, 6.45) is 1.59. The molecule has 6 heteroatoms. The number of hydrogen-bond donors (Lipinski definition) is 2. The Kier molecular flexibility index (Phi) is 2.75. The van der Waals surface area contributed by atoms with Crippen molar-refractivity contribution in [3.05, 3.63) is 59.5 Å². The Hall–Kier alpha value is -3.02. The van der Waals surface area contributed by atoms with Gasteiger partial charge in [-0.25, -0.2) is 0 Å². The molecular weight excluding hydrogens is 282 g/mol. The van der Waals surface area contributed by atoms with Crippen LogP contribution in [0.25, 0.3) is 11.5 Å². The first-order valence-electron chi connectivity index (χ1n) is 6.85. The van der Waals surface area contributed by atoms with E-state index in [1.165, 1.54) is 0 Å². The van der Waals surface area contributed by atoms with Gasteiger partial charge < -0.3 is 14.5 Å². The number of carbonyl (C=O) groups excluding carboxylic acids is 1. The second-order valence-corrected chi connectivity index (χ2v) is 5.02. The van der Waals surface area contributed by atoms with Crippen LogP contribution in [0.1, 0.15) is 27.7 Å². The molecule has 4 rings (SSSR count). The van der Waals surface area contributed by atoms with Gasteiger partial charge in [0.05, 0.1) is 19.4 Å². The summed E-state index contributed by atoms with van der Waals surface area (Å²) in [5, 5.41) is 9.98. The van der Waals surface area contributed by atoms with Gasteiger partial charge in [-0.15, -0.1) is 0 Å². The summed E-state index contributed by atoms with van der Waals surface area (Å²) in [5.41, 5.74) is 2.85. The molecule has 0 radical (unpaired) electrons. The van der Waals surface area contributed by atoms with E-state index in [1.54, 1.807) is 19.4 Å². The Morgan fingerprint density at radius 2 is 2.18 bits per heavy atom. The highest BCUT2D eigenvalue weighted by molar-refractivity contribution is 5.99. The minimum atomic E-state index is -0.281. The number of furan rings is 1. The average Bonchev–Trinajstić information content (AvgIpc) is 3.25. The summed E-state index contributed by atoms with van der Waals surface area (Å²) in [5.74, 6) is 1.19. The number of aromatic nitrogens is 2. The van der Waals surface area contributed by atoms with Crippen LogP contribution < -0.4 is 10.1 Å². The third-order valence-corrected chi connectivity index (χ3v) is 3.78. The van der Waals surface area contributed by atoms with E-state index in [4.69, 9.17) is 9.15 Å². The molecular formula is C16H13N3O3. The number of H-pyrrole nitrogens is 1. The predicted molar refractivity (Wildman–Crippen MR) is 78.6 cm³/mol. The van der Waals surface area contributed by atoms with Gasteiger partial charge in [0.15, 0.2) is 11.5 Å². The first-order valence-corrected chi connectivity index (χ1v) is 6.85. The number of carbonyl (C=O) groups is 1. The lowest BCUT2D eigenvalue weighted by atomic mass is 9.99. The molecule has 2 aromatic heterocycles. The number of nitrogens with one attached hydrogen (secondary N) is 2. The standard InChI is InChI=1S/C16H13N3O3/c1-21-10-5-2-4-9(8-10)13-12-14(11-6-3-7-22-11)18-19-15(12)16(20)17-13/h2-8,13H,1H3,(H,17,20)(H,18,19)/t13-/m0/s1. The van der Waals surface area contributed by atoms with E-state index in [0.29, 0.717) is 17.1 Å². The molecule has 0 bridgehead atoms. The minimum Gasteiger partial charge on any atom is -0.497 e. The van der Waals surface area contributed by atoms with Crippen molar-refractivity contribution >= 4 is 5.91 Å². The first kappa shape index (κ1) is 12.7. The Labute approximate surface area is 126 Å². The summed E-state index contributed by atoms with van der Waals surface area (Å²) in [6, 6.07) is 11.0. The van der Waals surface area contributed by atoms with Gasteiger partial charge in [-0.2, -0.15) is 5.10 Å². The normalized spacial score (nSPS) is 16.4. The number of nitrogens with zero attached hydrogens (tertiary/aromatic N) is 1. The van der Waals surface area contributed by atoms with E-state index >= 15 is 0 Å². The van der Waals surface area contributed by atoms with Crippen molar-refractivity contribution < 1.29 is 13.9 Å². The summed E-state index contributed by atoms with van der Waals surface area (Å²) >= 11 is 0. The summed E-state index contributed by atoms with van der Waals surface area (Å²) < 4.78 is 10.7. The highest BCUT2D eigenvalue weighted by atomic mass is 16.5. The van der Waals surface area contributed by atoms with Gasteiger partial charge in [-0.1, -0.05) is 12.1 Å². The third-order valence-electron chi connectivity index (χ3n) is 3.78. The summed E-state index contributed by atoms with van der Waals surface area (Å²) in [7, 11) is 1.61. The van der Waals surface area contributed by atoms with Crippen molar-refractivity contribution in [1.82, 2.24) is 15.5 Å². The number of aromatic amines is 1. The Balaban J connectivity index is 1.85. The molecule has 0 saturated heterocycles. The molecule has 6 nitrogen and oxygen atoms in total. The fourth-order valence-corrected chi connectivity index (χ4v) is 2.76. The van der Waals surface area contributed by atoms with E-state index < -0.39 is 0 Å². The maximum absolute atomic E-state index is 12.1. The van der Waals surface area contributed by atoms with Gasteiger partial charge in [0.1, 0.15) is 11.4 Å². The van der Waals surface area contributed by atoms with Gasteiger partial charge in [-0.3, -0.25) is 9.89 Å². The molecule has 0 saturated carbocycles. The number of amides is 1. The van der Waals surface area contributed by atoms with Crippen molar-refractivity contribution in [3.63, 3.8) is 0 Å². The Morgan fingerprint density at radius 1 is 1.27 bits per heavy atom. The lowest BCUT2D eigenvalue weighted by molar-refractivity contribution is 0.0955.